The summed E-state index contributed by atoms with van der Waals surface area (Å²) in [6, 6.07) is 3.49. The molecule has 2 N–H and O–H groups in total. The standard InChI is InChI=1S/C11H15N5OS/c1-16(2)7-5-9-14-15-11(18-9)13-10(17)8-4-3-6-12-8/h3-4,6,12H,5,7H2,1-2H3,(H,13,15,17). The number of likely N-dealkylation sites (N-methyl/N-ethyl adjacent to an activating group) is 1. The minimum atomic E-state index is -0.199. The molecule has 0 unspecified atom stereocenters. The molecule has 0 aromatic carbocycles. The van der Waals surface area contributed by atoms with Gasteiger partial charge >= 0.3 is 0 Å². The highest BCUT2D eigenvalue weighted by Crippen LogP contribution is 2.16. The first-order valence-electron chi connectivity index (χ1n) is 5.57. The van der Waals surface area contributed by atoms with Crippen LogP contribution in [0.5, 0.6) is 0 Å². The summed E-state index contributed by atoms with van der Waals surface area (Å²) < 4.78 is 0. The molecule has 0 spiro atoms. The number of carbonyl (C=O) groups excluding carboxylic acids is 1. The Morgan fingerprint density at radius 2 is 2.33 bits per heavy atom. The van der Waals surface area contributed by atoms with E-state index in [0.29, 0.717) is 10.8 Å². The van der Waals surface area contributed by atoms with Crippen molar-refractivity contribution in [1.29, 1.82) is 0 Å². The third-order valence-electron chi connectivity index (χ3n) is 2.30. The van der Waals surface area contributed by atoms with Crippen molar-refractivity contribution in [2.75, 3.05) is 26.0 Å². The number of amides is 1. The number of nitrogens with zero attached hydrogens (tertiary/aromatic N) is 3. The SMILES string of the molecule is CN(C)CCc1nnc(NC(=O)c2ccc[nH]2)s1. The van der Waals surface area contributed by atoms with E-state index < -0.39 is 0 Å². The first-order valence-corrected chi connectivity index (χ1v) is 6.38. The van der Waals surface area contributed by atoms with E-state index in [1.807, 2.05) is 14.1 Å². The summed E-state index contributed by atoms with van der Waals surface area (Å²) in [5.41, 5.74) is 0.514. The first kappa shape index (κ1) is 12.7. The number of aromatic amines is 1. The van der Waals surface area contributed by atoms with Crippen LogP contribution in [0.15, 0.2) is 18.3 Å². The fourth-order valence-electron chi connectivity index (χ4n) is 1.36. The molecule has 96 valence electrons. The molecule has 6 nitrogen and oxygen atoms in total. The average Bonchev–Trinajstić information content (AvgIpc) is 2.97. The van der Waals surface area contributed by atoms with E-state index >= 15 is 0 Å². The lowest BCUT2D eigenvalue weighted by Crippen LogP contribution is -2.14. The molecule has 0 saturated heterocycles. The van der Waals surface area contributed by atoms with E-state index in [-0.39, 0.29) is 5.91 Å². The van der Waals surface area contributed by atoms with Crippen molar-refractivity contribution in [3.8, 4) is 0 Å². The zero-order chi connectivity index (χ0) is 13.0. The molecular formula is C11H15N5OS. The Balaban J connectivity index is 1.92. The third-order valence-corrected chi connectivity index (χ3v) is 3.20. The number of carbonyl (C=O) groups is 1. The molecule has 0 aliphatic carbocycles. The maximum Gasteiger partial charge on any atom is 0.273 e. The lowest BCUT2D eigenvalue weighted by atomic mass is 10.4. The Bertz CT molecular complexity index is 505. The monoisotopic (exact) mass is 265 g/mol. The minimum absolute atomic E-state index is 0.199. The van der Waals surface area contributed by atoms with E-state index in [2.05, 4.69) is 25.4 Å². The molecule has 18 heavy (non-hydrogen) atoms. The van der Waals surface area contributed by atoms with Crippen LogP contribution in [0, 0.1) is 0 Å². The number of anilines is 1. The van der Waals surface area contributed by atoms with Gasteiger partial charge in [0.25, 0.3) is 5.91 Å². The largest absolute Gasteiger partial charge is 0.357 e. The van der Waals surface area contributed by atoms with Gasteiger partial charge in [-0.05, 0) is 26.2 Å². The molecule has 0 aliphatic rings. The number of hydrogen-bond donors (Lipinski definition) is 2. The van der Waals surface area contributed by atoms with Crippen molar-refractivity contribution in [3.63, 3.8) is 0 Å². The summed E-state index contributed by atoms with van der Waals surface area (Å²) in [6.07, 6.45) is 2.54. The van der Waals surface area contributed by atoms with E-state index in [1.165, 1.54) is 11.3 Å². The van der Waals surface area contributed by atoms with Crippen LogP contribution in [0.25, 0.3) is 0 Å². The van der Waals surface area contributed by atoms with Crippen LogP contribution in [-0.2, 0) is 6.42 Å². The molecule has 2 rings (SSSR count). The highest BCUT2D eigenvalue weighted by Gasteiger charge is 2.10. The zero-order valence-corrected chi connectivity index (χ0v) is 11.1. The Morgan fingerprint density at radius 1 is 1.50 bits per heavy atom. The number of rotatable bonds is 5. The molecule has 2 aromatic rings. The van der Waals surface area contributed by atoms with Crippen molar-refractivity contribution >= 4 is 22.4 Å². The van der Waals surface area contributed by atoms with Crippen molar-refractivity contribution < 1.29 is 4.79 Å². The molecule has 0 fully saturated rings. The summed E-state index contributed by atoms with van der Waals surface area (Å²) in [6.45, 7) is 0.916. The van der Waals surface area contributed by atoms with Crippen molar-refractivity contribution in [3.05, 3.63) is 29.0 Å². The number of aromatic nitrogens is 3. The van der Waals surface area contributed by atoms with Crippen molar-refractivity contribution in [2.24, 2.45) is 0 Å². The first-order chi connectivity index (χ1) is 8.65. The van der Waals surface area contributed by atoms with Gasteiger partial charge in [-0.3, -0.25) is 10.1 Å². The highest BCUT2D eigenvalue weighted by molar-refractivity contribution is 7.15. The van der Waals surface area contributed by atoms with Gasteiger partial charge in [0, 0.05) is 19.2 Å². The van der Waals surface area contributed by atoms with E-state index in [1.54, 1.807) is 18.3 Å². The second kappa shape index (κ2) is 5.74. The van der Waals surface area contributed by atoms with Crippen molar-refractivity contribution in [1.82, 2.24) is 20.1 Å². The predicted octanol–water partition coefficient (Wildman–Crippen LogP) is 1.22. The van der Waals surface area contributed by atoms with E-state index in [4.69, 9.17) is 0 Å². The topological polar surface area (TPSA) is 73.9 Å². The summed E-state index contributed by atoms with van der Waals surface area (Å²) in [5.74, 6) is -0.199. The summed E-state index contributed by atoms with van der Waals surface area (Å²) >= 11 is 1.41. The quantitative estimate of drug-likeness (QED) is 0.852. The number of hydrogen-bond acceptors (Lipinski definition) is 5. The molecule has 1 amide bonds. The maximum atomic E-state index is 11.7. The van der Waals surface area contributed by atoms with Crippen LogP contribution < -0.4 is 5.32 Å². The molecule has 2 aromatic heterocycles. The van der Waals surface area contributed by atoms with Crippen LogP contribution in [-0.4, -0.2) is 46.6 Å². The minimum Gasteiger partial charge on any atom is -0.357 e. The lowest BCUT2D eigenvalue weighted by Gasteiger charge is -2.05. The summed E-state index contributed by atoms with van der Waals surface area (Å²) in [4.78, 5) is 16.7. The molecule has 0 aliphatic heterocycles. The molecule has 0 saturated carbocycles. The molecule has 0 atom stereocenters. The van der Waals surface area contributed by atoms with Crippen LogP contribution in [0.4, 0.5) is 5.13 Å². The van der Waals surface area contributed by atoms with Crippen molar-refractivity contribution in [2.45, 2.75) is 6.42 Å². The summed E-state index contributed by atoms with van der Waals surface area (Å²) in [7, 11) is 4.02. The van der Waals surface area contributed by atoms with Gasteiger partial charge in [0.15, 0.2) is 0 Å². The van der Waals surface area contributed by atoms with Gasteiger partial charge in [-0.15, -0.1) is 10.2 Å². The Labute approximate surface area is 109 Å². The highest BCUT2D eigenvalue weighted by atomic mass is 32.1. The van der Waals surface area contributed by atoms with Gasteiger partial charge in [0.2, 0.25) is 5.13 Å². The van der Waals surface area contributed by atoms with E-state index in [9.17, 15) is 4.79 Å². The van der Waals surface area contributed by atoms with Gasteiger partial charge in [-0.25, -0.2) is 0 Å². The van der Waals surface area contributed by atoms with Crippen LogP contribution >= 0.6 is 11.3 Å². The second-order valence-electron chi connectivity index (χ2n) is 4.09. The van der Waals surface area contributed by atoms with Gasteiger partial charge in [-0.2, -0.15) is 0 Å². The maximum absolute atomic E-state index is 11.7. The van der Waals surface area contributed by atoms with Gasteiger partial charge in [0.1, 0.15) is 10.7 Å². The van der Waals surface area contributed by atoms with Crippen LogP contribution in [0.1, 0.15) is 15.5 Å². The second-order valence-corrected chi connectivity index (χ2v) is 5.15. The smallest absolute Gasteiger partial charge is 0.273 e. The normalized spacial score (nSPS) is 10.8. The Morgan fingerprint density at radius 3 is 3.00 bits per heavy atom. The van der Waals surface area contributed by atoms with Gasteiger partial charge in [-0.1, -0.05) is 11.3 Å². The van der Waals surface area contributed by atoms with Crippen LogP contribution in [0.2, 0.25) is 0 Å². The third kappa shape index (κ3) is 3.38. The lowest BCUT2D eigenvalue weighted by molar-refractivity contribution is 0.102. The van der Waals surface area contributed by atoms with Gasteiger partial charge < -0.3 is 9.88 Å². The molecule has 7 heteroatoms. The zero-order valence-electron chi connectivity index (χ0n) is 10.3. The molecule has 0 radical (unpaired) electrons. The Kier molecular flexibility index (Phi) is 4.06. The summed E-state index contributed by atoms with van der Waals surface area (Å²) in [5, 5.41) is 12.2. The fraction of sp³-hybridized carbons (Fsp3) is 0.364. The number of H-pyrrole nitrogens is 1. The number of nitrogens with one attached hydrogen (secondary N) is 2. The predicted molar refractivity (Wildman–Crippen MR) is 70.9 cm³/mol. The fourth-order valence-corrected chi connectivity index (χ4v) is 2.08. The van der Waals surface area contributed by atoms with Crippen LogP contribution in [0.3, 0.4) is 0 Å². The van der Waals surface area contributed by atoms with E-state index in [0.717, 1.165) is 18.0 Å². The molecular weight excluding hydrogens is 250 g/mol. The molecule has 0 bridgehead atoms. The van der Waals surface area contributed by atoms with Gasteiger partial charge in [0.05, 0.1) is 0 Å². The Hall–Kier alpha value is -1.73. The molecule has 2 heterocycles. The average molecular weight is 265 g/mol.